The number of aromatic nitrogens is 3. The minimum Gasteiger partial charge on any atom is -0.508 e. The molecule has 2 aromatic heterocycles. The van der Waals surface area contributed by atoms with Crippen LogP contribution in [0.1, 0.15) is 37.7 Å². The monoisotopic (exact) mass is 615 g/mol. The Balaban J connectivity index is 1.27. The van der Waals surface area contributed by atoms with E-state index in [1.807, 2.05) is 4.90 Å². The molecule has 45 heavy (non-hydrogen) atoms. The van der Waals surface area contributed by atoms with Crippen molar-refractivity contribution in [2.75, 3.05) is 37.7 Å². The van der Waals surface area contributed by atoms with E-state index in [2.05, 4.69) is 20.8 Å². The predicted molar refractivity (Wildman–Crippen MR) is 163 cm³/mol. The summed E-state index contributed by atoms with van der Waals surface area (Å²) in [4.78, 5) is 17.9. The molecule has 0 radical (unpaired) electrons. The second-order valence-electron chi connectivity index (χ2n) is 13.1. The first-order valence-electron chi connectivity index (χ1n) is 15.5. The highest BCUT2D eigenvalue weighted by atomic mass is 19.1. The van der Waals surface area contributed by atoms with Crippen molar-refractivity contribution in [3.05, 3.63) is 47.7 Å². The van der Waals surface area contributed by atoms with Crippen LogP contribution in [0, 0.1) is 35.8 Å². The molecule has 4 fully saturated rings. The smallest absolute Gasteiger partial charge is 0.319 e. The molecule has 5 atom stereocenters. The third-order valence-corrected chi connectivity index (χ3v) is 10.3. The number of benzene rings is 2. The van der Waals surface area contributed by atoms with Gasteiger partial charge >= 0.3 is 6.01 Å². The number of nitrogens with zero attached hydrogens (tertiary/aromatic N) is 5. The minimum absolute atomic E-state index is 0.0355. The van der Waals surface area contributed by atoms with Gasteiger partial charge in [0.2, 0.25) is 0 Å². The summed E-state index contributed by atoms with van der Waals surface area (Å²) < 4.78 is 52.2. The maximum Gasteiger partial charge on any atom is 0.319 e. The number of fused-ring (bicyclic) bond motifs is 5. The number of phenols is 1. The lowest BCUT2D eigenvalue weighted by molar-refractivity contribution is 0.107. The highest BCUT2D eigenvalue weighted by Crippen LogP contribution is 2.43. The molecule has 1 aliphatic carbocycles. The number of rotatable bonds is 5. The number of terminal acetylenes is 1. The summed E-state index contributed by atoms with van der Waals surface area (Å²) in [7, 11) is 0. The molecule has 232 valence electrons. The second-order valence-corrected chi connectivity index (χ2v) is 13.1. The van der Waals surface area contributed by atoms with E-state index >= 15 is 4.39 Å². The SMILES string of the molecule is C#Cc1c(F)ccc2cc(O)cc(-c3ncc4c(N5CC6CC(O)C(C6)C5)nc(OC[C@@]56CCCN5CC(F)C6)nc4c3F)c12. The van der Waals surface area contributed by atoms with Gasteiger partial charge in [0.05, 0.1) is 22.6 Å². The number of ether oxygens (including phenoxy) is 1. The zero-order valence-electron chi connectivity index (χ0n) is 24.5. The zero-order chi connectivity index (χ0) is 31.0. The third-order valence-electron chi connectivity index (χ3n) is 10.3. The van der Waals surface area contributed by atoms with E-state index in [0.717, 1.165) is 25.8 Å². The number of aliphatic hydroxyl groups is 1. The Morgan fingerprint density at radius 2 is 2.00 bits per heavy atom. The zero-order valence-corrected chi connectivity index (χ0v) is 24.5. The van der Waals surface area contributed by atoms with Crippen molar-refractivity contribution in [2.24, 2.45) is 11.8 Å². The summed E-state index contributed by atoms with van der Waals surface area (Å²) in [6.07, 6.45) is 9.53. The Bertz CT molecular complexity index is 1900. The largest absolute Gasteiger partial charge is 0.508 e. The number of hydrogen-bond donors (Lipinski definition) is 2. The molecule has 4 unspecified atom stereocenters. The van der Waals surface area contributed by atoms with Crippen LogP contribution in [-0.2, 0) is 0 Å². The maximum absolute atomic E-state index is 16.8. The molecule has 1 saturated carbocycles. The lowest BCUT2D eigenvalue weighted by Gasteiger charge is -2.34. The lowest BCUT2D eigenvalue weighted by Crippen LogP contribution is -2.43. The summed E-state index contributed by atoms with van der Waals surface area (Å²) in [6, 6.07) is 5.38. The van der Waals surface area contributed by atoms with Gasteiger partial charge in [0, 0.05) is 49.1 Å². The Morgan fingerprint density at radius 1 is 1.13 bits per heavy atom. The van der Waals surface area contributed by atoms with E-state index in [0.29, 0.717) is 49.1 Å². The van der Waals surface area contributed by atoms with Crippen molar-refractivity contribution >= 4 is 27.5 Å². The van der Waals surface area contributed by atoms with E-state index in [-0.39, 0.29) is 57.9 Å². The van der Waals surface area contributed by atoms with E-state index < -0.39 is 29.4 Å². The number of anilines is 1. The van der Waals surface area contributed by atoms with Crippen molar-refractivity contribution in [2.45, 2.75) is 49.9 Å². The normalized spacial score (nSPS) is 27.8. The second kappa shape index (κ2) is 10.5. The van der Waals surface area contributed by atoms with Crippen LogP contribution >= 0.6 is 0 Å². The van der Waals surface area contributed by atoms with Gasteiger partial charge in [-0.05, 0) is 61.7 Å². The number of phenolic OH excluding ortho intramolecular Hbond substituents is 1. The molecule has 3 saturated heterocycles. The highest BCUT2D eigenvalue weighted by Gasteiger charge is 2.49. The molecule has 8 nitrogen and oxygen atoms in total. The predicted octanol–water partition coefficient (Wildman–Crippen LogP) is 4.97. The molecule has 3 aliphatic heterocycles. The minimum atomic E-state index is -0.932. The average molecular weight is 616 g/mol. The fourth-order valence-corrected chi connectivity index (χ4v) is 8.32. The summed E-state index contributed by atoms with van der Waals surface area (Å²) in [5.74, 6) is 1.53. The van der Waals surface area contributed by atoms with Crippen molar-refractivity contribution in [1.82, 2.24) is 19.9 Å². The average Bonchev–Trinajstić information content (AvgIpc) is 3.63. The topological polar surface area (TPSA) is 94.8 Å². The molecule has 5 heterocycles. The number of pyridine rings is 1. The molecule has 8 rings (SSSR count). The number of halogens is 3. The van der Waals surface area contributed by atoms with Gasteiger partial charge in [-0.15, -0.1) is 6.42 Å². The van der Waals surface area contributed by atoms with Crippen molar-refractivity contribution < 1.29 is 28.1 Å². The number of aromatic hydroxyl groups is 1. The summed E-state index contributed by atoms with van der Waals surface area (Å²) >= 11 is 0. The third kappa shape index (κ3) is 4.57. The molecule has 0 spiro atoms. The van der Waals surface area contributed by atoms with Gasteiger partial charge in [0.15, 0.2) is 5.82 Å². The van der Waals surface area contributed by atoms with Crippen LogP contribution in [0.3, 0.4) is 0 Å². The molecular weight excluding hydrogens is 583 g/mol. The first-order chi connectivity index (χ1) is 21.7. The maximum atomic E-state index is 16.8. The van der Waals surface area contributed by atoms with Gasteiger partial charge in [-0.25, -0.2) is 13.2 Å². The van der Waals surface area contributed by atoms with Crippen LogP contribution in [-0.4, -0.2) is 80.7 Å². The fourth-order valence-electron chi connectivity index (χ4n) is 8.32. The van der Waals surface area contributed by atoms with Crippen LogP contribution in [0.15, 0.2) is 30.5 Å². The number of alkyl halides is 1. The van der Waals surface area contributed by atoms with Gasteiger partial charge in [0.25, 0.3) is 0 Å². The summed E-state index contributed by atoms with van der Waals surface area (Å²) in [5.41, 5.74) is -0.610. The molecule has 11 heteroatoms. The van der Waals surface area contributed by atoms with E-state index in [1.165, 1.54) is 30.5 Å². The Morgan fingerprint density at radius 3 is 2.82 bits per heavy atom. The van der Waals surface area contributed by atoms with Gasteiger partial charge in [-0.2, -0.15) is 9.97 Å². The van der Waals surface area contributed by atoms with E-state index in [1.54, 1.807) is 0 Å². The summed E-state index contributed by atoms with van der Waals surface area (Å²) in [5, 5.41) is 22.1. The Labute approximate surface area is 257 Å². The number of aliphatic hydroxyl groups excluding tert-OH is 1. The molecule has 2 bridgehead atoms. The fraction of sp³-hybridized carbons (Fsp3) is 0.441. The van der Waals surface area contributed by atoms with Gasteiger partial charge in [-0.3, -0.25) is 9.88 Å². The first kappa shape index (κ1) is 28.3. The molecule has 2 N–H and O–H groups in total. The first-order valence-corrected chi connectivity index (χ1v) is 15.5. The summed E-state index contributed by atoms with van der Waals surface area (Å²) in [6.45, 7) is 2.51. The van der Waals surface area contributed by atoms with E-state index in [4.69, 9.17) is 16.1 Å². The van der Waals surface area contributed by atoms with Gasteiger partial charge in [0.1, 0.15) is 41.4 Å². The quantitative estimate of drug-likeness (QED) is 0.304. The van der Waals surface area contributed by atoms with Crippen LogP contribution in [0.5, 0.6) is 11.8 Å². The van der Waals surface area contributed by atoms with Crippen LogP contribution in [0.25, 0.3) is 32.9 Å². The number of hydrogen-bond acceptors (Lipinski definition) is 8. The highest BCUT2D eigenvalue weighted by molar-refractivity contribution is 6.03. The number of piperidine rings is 1. The van der Waals surface area contributed by atoms with Crippen molar-refractivity contribution in [3.8, 4) is 35.4 Å². The van der Waals surface area contributed by atoms with Gasteiger partial charge < -0.3 is 19.8 Å². The van der Waals surface area contributed by atoms with Gasteiger partial charge in [-0.1, -0.05) is 12.0 Å². The molecule has 4 aliphatic rings. The van der Waals surface area contributed by atoms with Crippen molar-refractivity contribution in [3.63, 3.8) is 0 Å². The van der Waals surface area contributed by atoms with E-state index in [9.17, 15) is 19.0 Å². The standard InChI is InChI=1S/C34H32F3N5O3/c1-2-23-26(36)5-4-19-10-22(43)11-24(28(19)23)30-29(37)31-25(13-38-30)32(41-14-18-8-20(15-41)27(44)9-18)40-33(39-31)45-17-34-6-3-7-42(34)16-21(35)12-34/h1,4-5,10-11,13,18,20-21,27,43-44H,3,6-9,12,14-17H2/t18?,20?,21?,27?,34-/m0/s1. The molecular formula is C34H32F3N5O3. The lowest BCUT2D eigenvalue weighted by atomic mass is 9.95. The van der Waals surface area contributed by atoms with Crippen molar-refractivity contribution in [1.29, 1.82) is 0 Å². The van der Waals surface area contributed by atoms with Crippen LogP contribution in [0.2, 0.25) is 0 Å². The molecule has 4 aromatic rings. The molecule has 2 aromatic carbocycles. The van der Waals surface area contributed by atoms with Crippen LogP contribution in [0.4, 0.5) is 19.0 Å². The Hall–Kier alpha value is -4.14. The Kier molecular flexibility index (Phi) is 6.59. The van der Waals surface area contributed by atoms with Crippen LogP contribution < -0.4 is 9.64 Å². The molecule has 0 amide bonds.